The lowest BCUT2D eigenvalue weighted by Crippen LogP contribution is -2.56. The van der Waals surface area contributed by atoms with E-state index in [0.29, 0.717) is 5.69 Å². The Morgan fingerprint density at radius 1 is 1.38 bits per heavy atom. The van der Waals surface area contributed by atoms with Crippen LogP contribution in [0.1, 0.15) is 32.0 Å². The van der Waals surface area contributed by atoms with Crippen molar-refractivity contribution in [3.8, 4) is 0 Å². The lowest BCUT2D eigenvalue weighted by molar-refractivity contribution is -0.151. The van der Waals surface area contributed by atoms with E-state index in [4.69, 9.17) is 0 Å². The van der Waals surface area contributed by atoms with Crippen LogP contribution in [0, 0.1) is 17.8 Å². The predicted molar refractivity (Wildman–Crippen MR) is 84.7 cm³/mol. The molecule has 1 aromatic heterocycles. The number of rotatable bonds is 4. The first-order valence-electron chi connectivity index (χ1n) is 8.03. The number of imide groups is 1. The van der Waals surface area contributed by atoms with E-state index < -0.39 is 35.3 Å². The van der Waals surface area contributed by atoms with Crippen LogP contribution in [0.2, 0.25) is 0 Å². The maximum Gasteiger partial charge on any atom is 0.324 e. The van der Waals surface area contributed by atoms with Gasteiger partial charge < -0.3 is 5.11 Å². The third-order valence-corrected chi connectivity index (χ3v) is 4.99. The van der Waals surface area contributed by atoms with Crippen molar-refractivity contribution in [2.24, 2.45) is 17.8 Å². The molecule has 0 saturated carbocycles. The summed E-state index contributed by atoms with van der Waals surface area (Å²) in [6.07, 6.45) is 1.86. The quantitative estimate of drug-likeness (QED) is 0.793. The molecule has 1 aromatic rings. The van der Waals surface area contributed by atoms with Crippen molar-refractivity contribution in [2.75, 3.05) is 7.05 Å². The molecular formula is C17H21N3O4. The number of likely N-dealkylation sites (tertiary alicyclic amines) is 1. The SMILES string of the molecule is CC(C)CC1(C(=O)O)NC(c2ccccn2)C2C(=O)N(C)C(=O)C21. The van der Waals surface area contributed by atoms with Crippen molar-refractivity contribution in [2.45, 2.75) is 31.8 Å². The maximum atomic E-state index is 12.7. The highest BCUT2D eigenvalue weighted by molar-refractivity contribution is 6.09. The summed E-state index contributed by atoms with van der Waals surface area (Å²) in [7, 11) is 1.42. The van der Waals surface area contributed by atoms with Gasteiger partial charge >= 0.3 is 5.97 Å². The van der Waals surface area contributed by atoms with Gasteiger partial charge in [0.25, 0.3) is 0 Å². The topological polar surface area (TPSA) is 99.6 Å². The minimum absolute atomic E-state index is 0.0468. The number of carboxylic acid groups (broad SMARTS) is 1. The zero-order chi connectivity index (χ0) is 17.6. The largest absolute Gasteiger partial charge is 0.480 e. The predicted octanol–water partition coefficient (Wildman–Crippen LogP) is 0.826. The van der Waals surface area contributed by atoms with Gasteiger partial charge in [0.15, 0.2) is 0 Å². The van der Waals surface area contributed by atoms with Gasteiger partial charge in [-0.2, -0.15) is 0 Å². The molecule has 0 aliphatic carbocycles. The van der Waals surface area contributed by atoms with Crippen LogP contribution < -0.4 is 5.32 Å². The Hall–Kier alpha value is -2.28. The summed E-state index contributed by atoms with van der Waals surface area (Å²) in [5.74, 6) is -3.49. The third kappa shape index (κ3) is 2.23. The van der Waals surface area contributed by atoms with Crippen LogP contribution in [-0.2, 0) is 14.4 Å². The number of hydrogen-bond acceptors (Lipinski definition) is 5. The Bertz CT molecular complexity index is 690. The first-order chi connectivity index (χ1) is 11.3. The fourth-order valence-corrected chi connectivity index (χ4v) is 4.08. The van der Waals surface area contributed by atoms with Crippen LogP contribution in [-0.4, -0.2) is 45.4 Å². The average Bonchev–Trinajstić information content (AvgIpc) is 2.99. The number of carbonyl (C=O) groups excluding carboxylic acids is 2. The van der Waals surface area contributed by atoms with Gasteiger partial charge in [-0.1, -0.05) is 19.9 Å². The van der Waals surface area contributed by atoms with Crippen molar-refractivity contribution >= 4 is 17.8 Å². The van der Waals surface area contributed by atoms with Gasteiger partial charge in [-0.15, -0.1) is 0 Å². The van der Waals surface area contributed by atoms with E-state index in [0.717, 1.165) is 4.90 Å². The molecule has 4 unspecified atom stereocenters. The standard InChI is InChI=1S/C17H21N3O4/c1-9(2)8-17(16(23)24)12-11(14(21)20(3)15(12)22)13(19-17)10-6-4-5-7-18-10/h4-7,9,11-13,19H,8H2,1-3H3,(H,23,24). The molecule has 2 aliphatic rings. The molecule has 2 saturated heterocycles. The van der Waals surface area contributed by atoms with Gasteiger partial charge in [0.2, 0.25) is 11.8 Å². The summed E-state index contributed by atoms with van der Waals surface area (Å²) in [5.41, 5.74) is -0.880. The van der Waals surface area contributed by atoms with E-state index in [1.54, 1.807) is 24.4 Å². The van der Waals surface area contributed by atoms with E-state index in [1.165, 1.54) is 7.05 Å². The molecule has 3 heterocycles. The molecule has 2 N–H and O–H groups in total. The fourth-order valence-electron chi connectivity index (χ4n) is 4.08. The van der Waals surface area contributed by atoms with Crippen molar-refractivity contribution in [1.82, 2.24) is 15.2 Å². The molecule has 0 spiro atoms. The average molecular weight is 331 g/mol. The van der Waals surface area contributed by atoms with Crippen LogP contribution in [0.3, 0.4) is 0 Å². The second kappa shape index (κ2) is 5.66. The second-order valence-electron chi connectivity index (χ2n) is 6.99. The first kappa shape index (κ1) is 16.6. The van der Waals surface area contributed by atoms with Crippen molar-refractivity contribution in [3.63, 3.8) is 0 Å². The highest BCUT2D eigenvalue weighted by Crippen LogP contribution is 2.50. The number of pyridine rings is 1. The molecule has 3 rings (SSSR count). The molecule has 2 amide bonds. The number of carbonyl (C=O) groups is 3. The van der Waals surface area contributed by atoms with E-state index in [9.17, 15) is 19.5 Å². The summed E-state index contributed by atoms with van der Waals surface area (Å²) >= 11 is 0. The number of hydrogen-bond donors (Lipinski definition) is 2. The number of fused-ring (bicyclic) bond motifs is 1. The normalized spacial score (nSPS) is 32.5. The lowest BCUT2D eigenvalue weighted by Gasteiger charge is -2.32. The summed E-state index contributed by atoms with van der Waals surface area (Å²) in [6.45, 7) is 3.81. The van der Waals surface area contributed by atoms with E-state index >= 15 is 0 Å². The summed E-state index contributed by atoms with van der Waals surface area (Å²) in [6, 6.07) is 4.69. The van der Waals surface area contributed by atoms with Gasteiger partial charge in [-0.3, -0.25) is 29.6 Å². The Labute approximate surface area is 140 Å². The summed E-state index contributed by atoms with van der Waals surface area (Å²) < 4.78 is 0. The minimum Gasteiger partial charge on any atom is -0.480 e. The van der Waals surface area contributed by atoms with Gasteiger partial charge in [-0.05, 0) is 24.5 Å². The molecule has 4 atom stereocenters. The highest BCUT2D eigenvalue weighted by Gasteiger charge is 2.68. The molecule has 0 aromatic carbocycles. The Balaban J connectivity index is 2.14. The monoisotopic (exact) mass is 331 g/mol. The number of aromatic nitrogens is 1. The van der Waals surface area contributed by atoms with Crippen LogP contribution in [0.5, 0.6) is 0 Å². The van der Waals surface area contributed by atoms with Gasteiger partial charge in [0.1, 0.15) is 5.54 Å². The van der Waals surface area contributed by atoms with Crippen LogP contribution in [0.4, 0.5) is 0 Å². The van der Waals surface area contributed by atoms with Crippen LogP contribution in [0.15, 0.2) is 24.4 Å². The molecule has 7 nitrogen and oxygen atoms in total. The molecule has 24 heavy (non-hydrogen) atoms. The van der Waals surface area contributed by atoms with Crippen LogP contribution in [0.25, 0.3) is 0 Å². The van der Waals surface area contributed by atoms with Crippen molar-refractivity contribution in [3.05, 3.63) is 30.1 Å². The maximum absolute atomic E-state index is 12.7. The van der Waals surface area contributed by atoms with Crippen molar-refractivity contribution < 1.29 is 19.5 Å². The summed E-state index contributed by atoms with van der Waals surface area (Å²) in [4.78, 5) is 42.8. The molecule has 2 aliphatic heterocycles. The second-order valence-corrected chi connectivity index (χ2v) is 6.99. The molecule has 2 fully saturated rings. The molecular weight excluding hydrogens is 310 g/mol. The number of carboxylic acids is 1. The van der Waals surface area contributed by atoms with Gasteiger partial charge in [-0.25, -0.2) is 0 Å². The molecule has 7 heteroatoms. The van der Waals surface area contributed by atoms with Crippen molar-refractivity contribution in [1.29, 1.82) is 0 Å². The van der Waals surface area contributed by atoms with Crippen LogP contribution >= 0.6 is 0 Å². The molecule has 128 valence electrons. The number of amides is 2. The fraction of sp³-hybridized carbons (Fsp3) is 0.529. The Morgan fingerprint density at radius 3 is 2.62 bits per heavy atom. The van der Waals surface area contributed by atoms with E-state index in [1.807, 2.05) is 13.8 Å². The van der Waals surface area contributed by atoms with Gasteiger partial charge in [0, 0.05) is 13.2 Å². The minimum atomic E-state index is -1.46. The number of nitrogens with one attached hydrogen (secondary N) is 1. The van der Waals surface area contributed by atoms with E-state index in [2.05, 4.69) is 10.3 Å². The third-order valence-electron chi connectivity index (χ3n) is 4.99. The zero-order valence-corrected chi connectivity index (χ0v) is 13.9. The Kier molecular flexibility index (Phi) is 3.91. The number of nitrogens with zero attached hydrogens (tertiary/aromatic N) is 2. The zero-order valence-electron chi connectivity index (χ0n) is 13.9. The highest BCUT2D eigenvalue weighted by atomic mass is 16.4. The molecule has 0 bridgehead atoms. The molecule has 0 radical (unpaired) electrons. The van der Waals surface area contributed by atoms with E-state index in [-0.39, 0.29) is 18.2 Å². The van der Waals surface area contributed by atoms with Gasteiger partial charge in [0.05, 0.1) is 23.6 Å². The summed E-state index contributed by atoms with van der Waals surface area (Å²) in [5, 5.41) is 13.1. The lowest BCUT2D eigenvalue weighted by atomic mass is 9.75. The smallest absolute Gasteiger partial charge is 0.324 e. The Morgan fingerprint density at radius 2 is 2.08 bits per heavy atom. The number of aliphatic carboxylic acids is 1. The first-order valence-corrected chi connectivity index (χ1v) is 8.03.